The lowest BCUT2D eigenvalue weighted by atomic mass is 10.1. The molecule has 0 aliphatic carbocycles. The molecule has 2 amide bonds. The average molecular weight is 300 g/mol. The molecule has 0 spiro atoms. The first-order valence-electron chi connectivity index (χ1n) is 7.73. The van der Waals surface area contributed by atoms with Crippen LogP contribution in [0.25, 0.3) is 0 Å². The van der Waals surface area contributed by atoms with Crippen LogP contribution in [0.2, 0.25) is 0 Å². The number of carbonyl (C=O) groups excluding carboxylic acids is 1. The fourth-order valence-corrected chi connectivity index (χ4v) is 2.21. The molecule has 0 unspecified atom stereocenters. The molecular formula is C16H32N2O3. The molecule has 0 aromatic rings. The maximum atomic E-state index is 12.8. The summed E-state index contributed by atoms with van der Waals surface area (Å²) in [5.41, 5.74) is -0.390. The molecule has 0 aromatic carbocycles. The number of carbonyl (C=O) groups is 2. The standard InChI is InChI=1S/C16H32N2O3/c1-12(2)10-17(11-13(3)4)15(21)18(16(5,6)7)9-8-14(19)20/h12-13H,8-11H2,1-7H3,(H,19,20). The summed E-state index contributed by atoms with van der Waals surface area (Å²) in [4.78, 5) is 27.2. The minimum Gasteiger partial charge on any atom is -0.481 e. The van der Waals surface area contributed by atoms with Crippen molar-refractivity contribution < 1.29 is 14.7 Å². The van der Waals surface area contributed by atoms with Gasteiger partial charge in [0, 0.05) is 25.2 Å². The number of amides is 2. The van der Waals surface area contributed by atoms with E-state index in [-0.39, 0.29) is 19.0 Å². The molecule has 124 valence electrons. The minimum absolute atomic E-state index is 0.0276. The Morgan fingerprint density at radius 2 is 1.43 bits per heavy atom. The van der Waals surface area contributed by atoms with E-state index in [1.807, 2.05) is 25.7 Å². The summed E-state index contributed by atoms with van der Waals surface area (Å²) in [6.45, 7) is 15.8. The van der Waals surface area contributed by atoms with Crippen LogP contribution in [0, 0.1) is 11.8 Å². The number of carboxylic acid groups (broad SMARTS) is 1. The average Bonchev–Trinajstić information content (AvgIpc) is 2.24. The number of carboxylic acids is 1. The molecule has 0 aliphatic rings. The summed E-state index contributed by atoms with van der Waals surface area (Å²) < 4.78 is 0. The number of rotatable bonds is 7. The molecule has 0 radical (unpaired) electrons. The minimum atomic E-state index is -0.878. The van der Waals surface area contributed by atoms with E-state index < -0.39 is 11.5 Å². The number of urea groups is 1. The highest BCUT2D eigenvalue weighted by Gasteiger charge is 2.30. The van der Waals surface area contributed by atoms with Gasteiger partial charge in [-0.3, -0.25) is 4.79 Å². The Morgan fingerprint density at radius 3 is 1.71 bits per heavy atom. The van der Waals surface area contributed by atoms with Crippen LogP contribution in [-0.2, 0) is 4.79 Å². The molecule has 21 heavy (non-hydrogen) atoms. The van der Waals surface area contributed by atoms with Gasteiger partial charge < -0.3 is 14.9 Å². The van der Waals surface area contributed by atoms with E-state index in [1.54, 1.807) is 4.90 Å². The summed E-state index contributed by atoms with van der Waals surface area (Å²) in [6, 6.07) is -0.0637. The molecular weight excluding hydrogens is 268 g/mol. The largest absolute Gasteiger partial charge is 0.481 e. The Labute approximate surface area is 129 Å². The summed E-state index contributed by atoms with van der Waals surface area (Å²) >= 11 is 0. The second-order valence-corrected chi connectivity index (χ2v) is 7.44. The first-order chi connectivity index (χ1) is 9.45. The van der Waals surface area contributed by atoms with E-state index in [0.29, 0.717) is 24.9 Å². The zero-order chi connectivity index (χ0) is 16.8. The first kappa shape index (κ1) is 19.7. The molecule has 0 atom stereocenters. The number of aliphatic carboxylic acids is 1. The van der Waals surface area contributed by atoms with Crippen molar-refractivity contribution in [3.05, 3.63) is 0 Å². The second-order valence-electron chi connectivity index (χ2n) is 7.44. The molecule has 0 bridgehead atoms. The van der Waals surface area contributed by atoms with Crippen molar-refractivity contribution in [3.8, 4) is 0 Å². The van der Waals surface area contributed by atoms with Gasteiger partial charge in [0.25, 0.3) is 0 Å². The predicted molar refractivity (Wildman–Crippen MR) is 85.4 cm³/mol. The van der Waals surface area contributed by atoms with Gasteiger partial charge in [-0.1, -0.05) is 27.7 Å². The zero-order valence-electron chi connectivity index (χ0n) is 14.6. The van der Waals surface area contributed by atoms with Gasteiger partial charge in [-0.25, -0.2) is 4.79 Å². The lowest BCUT2D eigenvalue weighted by molar-refractivity contribution is -0.137. The van der Waals surface area contributed by atoms with Gasteiger partial charge in [-0.15, -0.1) is 0 Å². The molecule has 5 heteroatoms. The Hall–Kier alpha value is -1.26. The first-order valence-corrected chi connectivity index (χ1v) is 7.73. The van der Waals surface area contributed by atoms with Gasteiger partial charge >= 0.3 is 12.0 Å². The predicted octanol–water partition coefficient (Wildman–Crippen LogP) is 3.30. The highest BCUT2D eigenvalue weighted by molar-refractivity contribution is 5.76. The molecule has 0 heterocycles. The van der Waals surface area contributed by atoms with Gasteiger partial charge in [0.2, 0.25) is 0 Å². The van der Waals surface area contributed by atoms with Gasteiger partial charge in [0.1, 0.15) is 0 Å². The molecule has 0 aromatic heterocycles. The Morgan fingerprint density at radius 1 is 1.00 bits per heavy atom. The third-order valence-electron chi connectivity index (χ3n) is 3.03. The second kappa shape index (κ2) is 8.25. The van der Waals surface area contributed by atoms with E-state index >= 15 is 0 Å². The molecule has 0 fully saturated rings. The summed E-state index contributed by atoms with van der Waals surface area (Å²) in [5.74, 6) is -0.112. The van der Waals surface area contributed by atoms with Crippen LogP contribution in [0.1, 0.15) is 54.9 Å². The monoisotopic (exact) mass is 300 g/mol. The molecule has 0 saturated carbocycles. The van der Waals surface area contributed by atoms with E-state index in [4.69, 9.17) is 5.11 Å². The Bertz CT molecular complexity index is 336. The highest BCUT2D eigenvalue weighted by atomic mass is 16.4. The van der Waals surface area contributed by atoms with Crippen LogP contribution in [0.4, 0.5) is 4.79 Å². The van der Waals surface area contributed by atoms with Crippen molar-refractivity contribution in [1.29, 1.82) is 0 Å². The van der Waals surface area contributed by atoms with E-state index in [1.165, 1.54) is 0 Å². The van der Waals surface area contributed by atoms with Gasteiger partial charge in [0.05, 0.1) is 6.42 Å². The van der Waals surface area contributed by atoms with Crippen LogP contribution in [0.15, 0.2) is 0 Å². The zero-order valence-corrected chi connectivity index (χ0v) is 14.6. The smallest absolute Gasteiger partial charge is 0.320 e. The number of nitrogens with zero attached hydrogens (tertiary/aromatic N) is 2. The van der Waals surface area contributed by atoms with Gasteiger partial charge in [-0.05, 0) is 32.6 Å². The summed E-state index contributed by atoms with van der Waals surface area (Å²) in [6.07, 6.45) is -0.0276. The number of hydrogen-bond donors (Lipinski definition) is 1. The molecule has 0 aliphatic heterocycles. The summed E-state index contributed by atoms with van der Waals surface area (Å²) in [7, 11) is 0. The van der Waals surface area contributed by atoms with Crippen LogP contribution in [-0.4, -0.2) is 52.1 Å². The fourth-order valence-electron chi connectivity index (χ4n) is 2.21. The van der Waals surface area contributed by atoms with Crippen LogP contribution in [0.3, 0.4) is 0 Å². The number of hydrogen-bond acceptors (Lipinski definition) is 2. The molecule has 0 rings (SSSR count). The van der Waals surface area contributed by atoms with Gasteiger partial charge in [0.15, 0.2) is 0 Å². The van der Waals surface area contributed by atoms with Crippen molar-refractivity contribution in [2.45, 2.75) is 60.4 Å². The SMILES string of the molecule is CC(C)CN(CC(C)C)C(=O)N(CCC(=O)O)C(C)(C)C. The third-order valence-corrected chi connectivity index (χ3v) is 3.03. The molecule has 1 N–H and O–H groups in total. The van der Waals surface area contributed by atoms with Crippen molar-refractivity contribution in [2.24, 2.45) is 11.8 Å². The lowest BCUT2D eigenvalue weighted by Gasteiger charge is -2.40. The van der Waals surface area contributed by atoms with E-state index in [2.05, 4.69) is 27.7 Å². The maximum absolute atomic E-state index is 12.8. The Balaban J connectivity index is 5.13. The lowest BCUT2D eigenvalue weighted by Crippen LogP contribution is -2.53. The Kier molecular flexibility index (Phi) is 7.75. The summed E-state index contributed by atoms with van der Waals surface area (Å²) in [5, 5.41) is 8.89. The molecule has 0 saturated heterocycles. The van der Waals surface area contributed by atoms with Crippen LogP contribution < -0.4 is 0 Å². The van der Waals surface area contributed by atoms with Crippen LogP contribution >= 0.6 is 0 Å². The normalized spacial score (nSPS) is 11.9. The topological polar surface area (TPSA) is 60.9 Å². The van der Waals surface area contributed by atoms with Crippen LogP contribution in [0.5, 0.6) is 0 Å². The van der Waals surface area contributed by atoms with Crippen molar-refractivity contribution in [2.75, 3.05) is 19.6 Å². The van der Waals surface area contributed by atoms with Gasteiger partial charge in [-0.2, -0.15) is 0 Å². The highest BCUT2D eigenvalue weighted by Crippen LogP contribution is 2.18. The maximum Gasteiger partial charge on any atom is 0.320 e. The third kappa shape index (κ3) is 7.93. The quantitative estimate of drug-likeness (QED) is 0.784. The van der Waals surface area contributed by atoms with Crippen molar-refractivity contribution >= 4 is 12.0 Å². The van der Waals surface area contributed by atoms with Crippen molar-refractivity contribution in [1.82, 2.24) is 9.80 Å². The molecule has 5 nitrogen and oxygen atoms in total. The van der Waals surface area contributed by atoms with E-state index in [0.717, 1.165) is 0 Å². The van der Waals surface area contributed by atoms with Crippen molar-refractivity contribution in [3.63, 3.8) is 0 Å². The van der Waals surface area contributed by atoms with E-state index in [9.17, 15) is 9.59 Å². The fraction of sp³-hybridized carbons (Fsp3) is 0.875.